The molecule has 6 N–H and O–H groups in total. The van der Waals surface area contributed by atoms with Crippen molar-refractivity contribution in [3.05, 3.63) is 108 Å². The Morgan fingerprint density at radius 3 is 1.64 bits per heavy atom. The summed E-state index contributed by atoms with van der Waals surface area (Å²) in [6.07, 6.45) is -5.90. The van der Waals surface area contributed by atoms with E-state index in [1.54, 1.807) is 70.2 Å². The lowest BCUT2D eigenvalue weighted by Gasteiger charge is -2.33. The Balaban J connectivity index is 0.000000267. The molecule has 396 valence electrons. The van der Waals surface area contributed by atoms with Gasteiger partial charge in [0.15, 0.2) is 23.8 Å². The predicted molar refractivity (Wildman–Crippen MR) is 255 cm³/mol. The van der Waals surface area contributed by atoms with Crippen LogP contribution in [0.25, 0.3) is 0 Å². The van der Waals surface area contributed by atoms with E-state index in [-0.39, 0.29) is 23.7 Å². The van der Waals surface area contributed by atoms with Crippen LogP contribution >= 0.6 is 15.5 Å². The summed E-state index contributed by atoms with van der Waals surface area (Å²) in [5.74, 6) is -1.54. The van der Waals surface area contributed by atoms with Crippen LogP contribution in [0.15, 0.2) is 102 Å². The number of ether oxygens (including phenoxy) is 4. The number of anilines is 1. The van der Waals surface area contributed by atoms with Gasteiger partial charge in [0.25, 0.3) is 0 Å². The molecule has 0 unspecified atom stereocenters. The minimum Gasteiger partial charge on any atom is -0.462 e. The van der Waals surface area contributed by atoms with Crippen molar-refractivity contribution in [2.75, 3.05) is 18.9 Å². The molecule has 1 aromatic heterocycles. The van der Waals surface area contributed by atoms with Crippen molar-refractivity contribution in [2.24, 2.45) is 0 Å². The van der Waals surface area contributed by atoms with E-state index in [0.717, 1.165) is 23.3 Å². The number of nitrogens with zero attached hydrogens (tertiary/aromatic N) is 3. The molecule has 22 nitrogen and oxygen atoms in total. The van der Waals surface area contributed by atoms with E-state index < -0.39 is 125 Å². The normalized spacial score (nSPS) is 27.6. The maximum atomic E-state index is 15.5. The maximum Gasteiger partial charge on any atom is 0.459 e. The van der Waals surface area contributed by atoms with Crippen molar-refractivity contribution in [3.63, 3.8) is 0 Å². The lowest BCUT2D eigenvalue weighted by Crippen LogP contribution is -2.51. The van der Waals surface area contributed by atoms with Gasteiger partial charge >= 0.3 is 33.1 Å². The SMILES string of the molecule is C=C1C=CN([C@@H]2O[C@H](CO[P@@](=O)(N[C@@H](C)C(=O)OC(C)C)Oc3ccccc3)[C@@H](O)[C@@]2(C)F)C(=O)C1.CC(C)OC(=O)[C@H](C)N[P@](=O)(OC[C@H]1O[C@@H](n2ccc(N)nc2=O)[C@](C)(F)[C@@H]1O)Oc1ccccc1. The Morgan fingerprint density at radius 2 is 1.22 bits per heavy atom. The van der Waals surface area contributed by atoms with E-state index in [9.17, 15) is 38.5 Å². The van der Waals surface area contributed by atoms with Gasteiger partial charge in [0, 0.05) is 12.4 Å². The highest BCUT2D eigenvalue weighted by Gasteiger charge is 2.58. The molecule has 3 aliphatic heterocycles. The number of nitrogens with one attached hydrogen (secondary N) is 2. The minimum atomic E-state index is -4.29. The number of allylic oxidation sites excluding steroid dienone is 1. The zero-order chi connectivity index (χ0) is 53.3. The summed E-state index contributed by atoms with van der Waals surface area (Å²) in [7, 11) is -8.54. The van der Waals surface area contributed by atoms with Crippen LogP contribution in [-0.4, -0.2) is 122 Å². The molecule has 0 bridgehead atoms. The van der Waals surface area contributed by atoms with E-state index in [2.05, 4.69) is 21.7 Å². The second-order valence-electron chi connectivity index (χ2n) is 17.8. The Morgan fingerprint density at radius 1 is 0.792 bits per heavy atom. The van der Waals surface area contributed by atoms with Crippen LogP contribution in [0.2, 0.25) is 0 Å². The summed E-state index contributed by atoms with van der Waals surface area (Å²) in [6.45, 7) is 14.2. The monoisotopic (exact) mass is 1050 g/mol. The fraction of sp³-hybridized carbons (Fsp3) is 0.500. The quantitative estimate of drug-likeness (QED) is 0.0719. The van der Waals surface area contributed by atoms with Crippen molar-refractivity contribution < 1.29 is 79.6 Å². The molecule has 26 heteroatoms. The van der Waals surface area contributed by atoms with E-state index in [1.807, 2.05) is 0 Å². The number of rotatable bonds is 20. The van der Waals surface area contributed by atoms with Gasteiger partial charge in [-0.05, 0) is 97.4 Å². The van der Waals surface area contributed by atoms with Gasteiger partial charge in [0.1, 0.15) is 53.8 Å². The Labute approximate surface area is 414 Å². The van der Waals surface area contributed by atoms with Gasteiger partial charge in [0.05, 0.1) is 31.8 Å². The molecule has 72 heavy (non-hydrogen) atoms. The predicted octanol–water partition coefficient (Wildman–Crippen LogP) is 5.18. The lowest BCUT2D eigenvalue weighted by atomic mass is 9.97. The van der Waals surface area contributed by atoms with Gasteiger partial charge in [-0.3, -0.25) is 32.9 Å². The third-order valence-corrected chi connectivity index (χ3v) is 14.1. The molecule has 0 radical (unpaired) electrons. The lowest BCUT2D eigenvalue weighted by molar-refractivity contribution is -0.150. The Kier molecular flexibility index (Phi) is 19.2. The molecule has 4 heterocycles. The Hall–Kier alpha value is -5.39. The average Bonchev–Trinajstić information content (AvgIpc) is 3.66. The maximum absolute atomic E-state index is 15.5. The molecule has 1 amide bonds. The van der Waals surface area contributed by atoms with Gasteiger partial charge in [-0.15, -0.1) is 0 Å². The number of amides is 1. The molecular weight excluding hydrogens is 992 g/mol. The van der Waals surface area contributed by atoms with Crippen LogP contribution in [-0.2, 0) is 51.5 Å². The third-order valence-electron chi connectivity index (χ3n) is 10.8. The molecule has 2 saturated heterocycles. The molecule has 6 rings (SSSR count). The van der Waals surface area contributed by atoms with E-state index in [4.69, 9.17) is 42.8 Å². The fourth-order valence-electron chi connectivity index (χ4n) is 7.14. The largest absolute Gasteiger partial charge is 0.462 e. The van der Waals surface area contributed by atoms with E-state index in [1.165, 1.54) is 56.6 Å². The number of benzene rings is 2. The summed E-state index contributed by atoms with van der Waals surface area (Å²) < 4.78 is 103. The highest BCUT2D eigenvalue weighted by atomic mass is 31.2. The second kappa shape index (κ2) is 24.1. The molecule has 0 spiro atoms. The van der Waals surface area contributed by atoms with Gasteiger partial charge in [-0.25, -0.2) is 22.7 Å². The van der Waals surface area contributed by atoms with Crippen LogP contribution in [0, 0.1) is 0 Å². The number of para-hydroxylation sites is 2. The number of alkyl halides is 2. The first-order valence-electron chi connectivity index (χ1n) is 22.7. The number of hydrogen-bond acceptors (Lipinski definition) is 18. The molecule has 3 aliphatic rings. The first-order chi connectivity index (χ1) is 33.6. The second-order valence-corrected chi connectivity index (χ2v) is 21.2. The number of aliphatic hydroxyl groups is 2. The highest BCUT2D eigenvalue weighted by Crippen LogP contribution is 2.49. The molecule has 2 fully saturated rings. The fourth-order valence-corrected chi connectivity index (χ4v) is 10.1. The van der Waals surface area contributed by atoms with E-state index in [0.29, 0.717) is 5.57 Å². The number of halogens is 2. The number of esters is 2. The van der Waals surface area contributed by atoms with Crippen LogP contribution in [0.3, 0.4) is 0 Å². The number of carbonyl (C=O) groups is 3. The standard InChI is InChI=1S/C24H32FN2O8P.C22H30FN4O8P/c1-15(2)33-22(30)17(4)26-36(31,35-18-9-7-6-8-10-18)32-14-19-21(29)24(5,25)23(34-19)27-12-11-16(3)13-20(27)28;1-13(2)33-19(29)14(3)26-36(31,35-15-8-6-5-7-9-15)32-12-16-18(28)22(4,23)20(34-16)27-11-10-17(24)25-21(27)30/h6-12,15,17,19,21,23,29H,3,13-14H2,1-2,4-5H3,(H,26,31);5-11,13-14,16,18,20,28H,12H2,1-4H3,(H,26,31)(H2,24,25,30)/t17-,19+,21+,23+,24+,36-;14-,16+,18+,20+,22+,36-/m00/s1. The van der Waals surface area contributed by atoms with E-state index >= 15 is 8.78 Å². The van der Waals surface area contributed by atoms with Crippen molar-refractivity contribution in [1.82, 2.24) is 24.6 Å². The number of nitrogen functional groups attached to an aromatic ring is 1. The first-order valence-corrected chi connectivity index (χ1v) is 25.7. The van der Waals surface area contributed by atoms with Crippen molar-refractivity contribution >= 4 is 39.2 Å². The number of hydrogen-bond donors (Lipinski definition) is 5. The average molecular weight is 1050 g/mol. The van der Waals surface area contributed by atoms with Crippen LogP contribution in [0.4, 0.5) is 14.6 Å². The zero-order valence-electron chi connectivity index (χ0n) is 40.9. The molecule has 3 aromatic rings. The van der Waals surface area contributed by atoms with Gasteiger partial charge in [-0.2, -0.15) is 15.2 Å². The van der Waals surface area contributed by atoms with Crippen LogP contribution in [0.1, 0.15) is 68.0 Å². The molecule has 12 atom stereocenters. The summed E-state index contributed by atoms with van der Waals surface area (Å²) in [6, 6.07) is 15.2. The summed E-state index contributed by atoms with van der Waals surface area (Å²) in [4.78, 5) is 53.7. The smallest absolute Gasteiger partial charge is 0.459 e. The van der Waals surface area contributed by atoms with Gasteiger partial charge in [-0.1, -0.05) is 43.0 Å². The topological polar surface area (TPSA) is 288 Å². The molecule has 0 aliphatic carbocycles. The van der Waals surface area contributed by atoms with Crippen LogP contribution < -0.4 is 30.6 Å². The third kappa shape index (κ3) is 14.9. The molecule has 2 aromatic carbocycles. The van der Waals surface area contributed by atoms with Gasteiger partial charge in [0.2, 0.25) is 5.91 Å². The summed E-state index contributed by atoms with van der Waals surface area (Å²) in [5, 5.41) is 26.2. The molecule has 0 saturated carbocycles. The minimum absolute atomic E-state index is 0.0158. The zero-order valence-corrected chi connectivity index (χ0v) is 42.7. The summed E-state index contributed by atoms with van der Waals surface area (Å²) >= 11 is 0. The molecular formula is C46H62F2N6O16P2. The van der Waals surface area contributed by atoms with Crippen LogP contribution in [0.5, 0.6) is 11.5 Å². The first kappa shape index (κ1) is 57.5. The Bertz CT molecular complexity index is 2560. The van der Waals surface area contributed by atoms with Gasteiger partial charge < -0.3 is 43.9 Å². The number of aliphatic hydroxyl groups excluding tert-OH is 2. The van der Waals surface area contributed by atoms with Crippen molar-refractivity contribution in [2.45, 2.75) is 134 Å². The number of aromatic nitrogens is 2. The van der Waals surface area contributed by atoms with Crippen molar-refractivity contribution in [3.8, 4) is 11.5 Å². The number of carbonyl (C=O) groups excluding carboxylic acids is 3. The summed E-state index contributed by atoms with van der Waals surface area (Å²) in [5.41, 5.74) is 0.357. The highest BCUT2D eigenvalue weighted by molar-refractivity contribution is 7.52. The van der Waals surface area contributed by atoms with Crippen molar-refractivity contribution in [1.29, 1.82) is 0 Å². The number of nitrogens with two attached hydrogens (primary N) is 1.